The smallest absolute Gasteiger partial charge is 0.247 e. The van der Waals surface area contributed by atoms with E-state index in [2.05, 4.69) is 15.4 Å². The molecule has 9 heteroatoms. The number of nitrogens with zero attached hydrogens (tertiary/aromatic N) is 4. The topological polar surface area (TPSA) is 89.4 Å². The Kier molecular flexibility index (Phi) is 6.70. The number of benzene rings is 3. The number of anilines is 1. The van der Waals surface area contributed by atoms with Crippen molar-refractivity contribution >= 4 is 17.5 Å². The largest absolute Gasteiger partial charge is 0.457 e. The molecule has 0 saturated carbocycles. The first-order valence-corrected chi connectivity index (χ1v) is 11.6. The van der Waals surface area contributed by atoms with Gasteiger partial charge in [-0.2, -0.15) is 5.10 Å². The van der Waals surface area contributed by atoms with E-state index in [0.29, 0.717) is 30.2 Å². The molecule has 1 aliphatic heterocycles. The van der Waals surface area contributed by atoms with Crippen LogP contribution in [0.2, 0.25) is 0 Å². The molecule has 2 amide bonds. The van der Waals surface area contributed by atoms with Crippen molar-refractivity contribution in [1.29, 1.82) is 0 Å². The lowest BCUT2D eigenvalue weighted by Gasteiger charge is -2.24. The Bertz CT molecular complexity index is 1310. The second-order valence-electron chi connectivity index (χ2n) is 8.57. The first kappa shape index (κ1) is 23.2. The molecule has 36 heavy (non-hydrogen) atoms. The van der Waals surface area contributed by atoms with Crippen molar-refractivity contribution in [3.8, 4) is 11.5 Å². The zero-order chi connectivity index (χ0) is 24.9. The van der Waals surface area contributed by atoms with Gasteiger partial charge in [0, 0.05) is 18.2 Å². The van der Waals surface area contributed by atoms with E-state index >= 15 is 0 Å². The molecule has 0 bridgehead atoms. The van der Waals surface area contributed by atoms with Gasteiger partial charge in [0.1, 0.15) is 42.6 Å². The molecule has 2 heterocycles. The summed E-state index contributed by atoms with van der Waals surface area (Å²) in [6.07, 6.45) is 3.37. The molecule has 1 aromatic heterocycles. The Labute approximate surface area is 207 Å². The fourth-order valence-corrected chi connectivity index (χ4v) is 4.34. The molecule has 0 spiro atoms. The first-order valence-electron chi connectivity index (χ1n) is 11.6. The molecular formula is C27H24FN5O3. The van der Waals surface area contributed by atoms with Gasteiger partial charge >= 0.3 is 0 Å². The third kappa shape index (κ3) is 5.41. The Morgan fingerprint density at radius 1 is 0.972 bits per heavy atom. The van der Waals surface area contributed by atoms with Crippen molar-refractivity contribution < 1.29 is 18.7 Å². The highest BCUT2D eigenvalue weighted by Gasteiger charge is 2.40. The molecule has 1 aliphatic rings. The van der Waals surface area contributed by atoms with E-state index in [0.717, 1.165) is 5.56 Å². The third-order valence-electron chi connectivity index (χ3n) is 6.13. The van der Waals surface area contributed by atoms with Crippen LogP contribution < -0.4 is 10.1 Å². The standard InChI is InChI=1S/C27H24FN5O3/c28-21-6-10-23(11-7-21)36-24-12-8-22(9-13-24)31-27(35)25-14-20(19-4-2-1-3-5-19)15-33(25)26(34)16-32-18-29-17-30-32/h1-13,17-18,20,25H,14-16H2,(H,31,35)/t20-,25+/m1/s1. The Morgan fingerprint density at radius 2 is 1.67 bits per heavy atom. The number of ether oxygens (including phenoxy) is 1. The number of likely N-dealkylation sites (tertiary alicyclic amines) is 1. The van der Waals surface area contributed by atoms with Crippen LogP contribution in [0.1, 0.15) is 17.9 Å². The second-order valence-corrected chi connectivity index (χ2v) is 8.57. The van der Waals surface area contributed by atoms with Gasteiger partial charge in [-0.1, -0.05) is 30.3 Å². The van der Waals surface area contributed by atoms with E-state index in [1.165, 1.54) is 29.5 Å². The van der Waals surface area contributed by atoms with Gasteiger partial charge < -0.3 is 15.0 Å². The minimum absolute atomic E-state index is 0.0146. The highest BCUT2D eigenvalue weighted by Crippen LogP contribution is 2.33. The van der Waals surface area contributed by atoms with Crippen LogP contribution in [0, 0.1) is 5.82 Å². The van der Waals surface area contributed by atoms with Crippen LogP contribution in [-0.2, 0) is 16.1 Å². The normalized spacial score (nSPS) is 17.1. The Hall–Kier alpha value is -4.53. The van der Waals surface area contributed by atoms with Crippen molar-refractivity contribution in [3.05, 3.63) is 103 Å². The maximum Gasteiger partial charge on any atom is 0.247 e. The molecule has 2 atom stereocenters. The molecule has 0 unspecified atom stereocenters. The molecule has 1 N–H and O–H groups in total. The summed E-state index contributed by atoms with van der Waals surface area (Å²) in [5.74, 6) is 0.320. The van der Waals surface area contributed by atoms with Gasteiger partial charge in [0.05, 0.1) is 0 Å². The van der Waals surface area contributed by atoms with Crippen molar-refractivity contribution in [2.75, 3.05) is 11.9 Å². The van der Waals surface area contributed by atoms with Gasteiger partial charge in [0.2, 0.25) is 11.8 Å². The molecule has 4 aromatic rings. The lowest BCUT2D eigenvalue weighted by Crippen LogP contribution is -2.44. The van der Waals surface area contributed by atoms with Crippen molar-refractivity contribution in [2.45, 2.75) is 24.9 Å². The number of carbonyl (C=O) groups is 2. The SMILES string of the molecule is O=C(Nc1ccc(Oc2ccc(F)cc2)cc1)[C@@H]1C[C@@H](c2ccccc2)CN1C(=O)Cn1cncn1. The van der Waals surface area contributed by atoms with Crippen molar-refractivity contribution in [3.63, 3.8) is 0 Å². The van der Waals surface area contributed by atoms with Crippen LogP contribution in [-0.4, -0.2) is 44.1 Å². The first-order chi connectivity index (χ1) is 17.5. The van der Waals surface area contributed by atoms with Crippen LogP contribution in [0.15, 0.2) is 91.5 Å². The van der Waals surface area contributed by atoms with E-state index in [1.807, 2.05) is 30.3 Å². The summed E-state index contributed by atoms with van der Waals surface area (Å²) >= 11 is 0. The van der Waals surface area contributed by atoms with Crippen molar-refractivity contribution in [2.24, 2.45) is 0 Å². The fourth-order valence-electron chi connectivity index (χ4n) is 4.34. The van der Waals surface area contributed by atoms with Gasteiger partial charge in [0.15, 0.2) is 0 Å². The van der Waals surface area contributed by atoms with Crippen LogP contribution in [0.25, 0.3) is 0 Å². The molecule has 182 valence electrons. The number of carbonyl (C=O) groups excluding carboxylic acids is 2. The van der Waals surface area contributed by atoms with Gasteiger partial charge in [-0.25, -0.2) is 14.1 Å². The zero-order valence-electron chi connectivity index (χ0n) is 19.3. The number of nitrogens with one attached hydrogen (secondary N) is 1. The minimum atomic E-state index is -0.624. The summed E-state index contributed by atoms with van der Waals surface area (Å²) in [6, 6.07) is 21.9. The maximum absolute atomic E-state index is 13.3. The average Bonchev–Trinajstić information content (AvgIpc) is 3.58. The van der Waals surface area contributed by atoms with Gasteiger partial charge in [0.25, 0.3) is 0 Å². The summed E-state index contributed by atoms with van der Waals surface area (Å²) < 4.78 is 20.3. The molecule has 0 radical (unpaired) electrons. The van der Waals surface area contributed by atoms with Crippen LogP contribution in [0.4, 0.5) is 10.1 Å². The lowest BCUT2D eigenvalue weighted by molar-refractivity contribution is -0.137. The number of aromatic nitrogens is 3. The van der Waals surface area contributed by atoms with Gasteiger partial charge in [-0.05, 0) is 60.5 Å². The zero-order valence-corrected chi connectivity index (χ0v) is 19.3. The summed E-state index contributed by atoms with van der Waals surface area (Å²) in [5.41, 5.74) is 1.67. The highest BCUT2D eigenvalue weighted by atomic mass is 19.1. The molecule has 0 aliphatic carbocycles. The van der Waals surface area contributed by atoms with Crippen LogP contribution >= 0.6 is 0 Å². The van der Waals surface area contributed by atoms with E-state index in [4.69, 9.17) is 4.74 Å². The van der Waals surface area contributed by atoms with Crippen LogP contribution in [0.3, 0.4) is 0 Å². The Morgan fingerprint density at radius 3 is 2.33 bits per heavy atom. The lowest BCUT2D eigenvalue weighted by atomic mass is 9.96. The summed E-state index contributed by atoms with van der Waals surface area (Å²) in [7, 11) is 0. The Balaban J connectivity index is 1.28. The van der Waals surface area contributed by atoms with E-state index in [9.17, 15) is 14.0 Å². The predicted molar refractivity (Wildman–Crippen MR) is 131 cm³/mol. The van der Waals surface area contributed by atoms with Gasteiger partial charge in [-0.15, -0.1) is 0 Å². The average molecular weight is 486 g/mol. The quantitative estimate of drug-likeness (QED) is 0.423. The van der Waals surface area contributed by atoms with Crippen LogP contribution in [0.5, 0.6) is 11.5 Å². The van der Waals surface area contributed by atoms with E-state index in [1.54, 1.807) is 41.3 Å². The molecule has 1 fully saturated rings. The summed E-state index contributed by atoms with van der Waals surface area (Å²) in [6.45, 7) is 0.459. The molecule has 3 aromatic carbocycles. The maximum atomic E-state index is 13.3. The number of halogens is 1. The number of rotatable bonds is 7. The second kappa shape index (κ2) is 10.4. The fraction of sp³-hybridized carbons (Fsp3) is 0.185. The van der Waals surface area contributed by atoms with E-state index in [-0.39, 0.29) is 30.1 Å². The predicted octanol–water partition coefficient (Wildman–Crippen LogP) is 4.23. The highest BCUT2D eigenvalue weighted by molar-refractivity contribution is 5.97. The number of hydrogen-bond donors (Lipinski definition) is 1. The number of amides is 2. The van der Waals surface area contributed by atoms with Gasteiger partial charge in [-0.3, -0.25) is 9.59 Å². The monoisotopic (exact) mass is 485 g/mol. The molecule has 1 saturated heterocycles. The molecule has 8 nitrogen and oxygen atoms in total. The molecular weight excluding hydrogens is 461 g/mol. The van der Waals surface area contributed by atoms with Crippen molar-refractivity contribution in [1.82, 2.24) is 19.7 Å². The summed E-state index contributed by atoms with van der Waals surface area (Å²) in [4.78, 5) is 31.9. The number of hydrogen-bond acceptors (Lipinski definition) is 5. The molecule has 5 rings (SSSR count). The minimum Gasteiger partial charge on any atom is -0.457 e. The third-order valence-corrected chi connectivity index (χ3v) is 6.13. The van der Waals surface area contributed by atoms with E-state index < -0.39 is 6.04 Å². The summed E-state index contributed by atoms with van der Waals surface area (Å²) in [5, 5.41) is 6.94.